The lowest BCUT2D eigenvalue weighted by Gasteiger charge is -2.15. The van der Waals surface area contributed by atoms with Crippen molar-refractivity contribution in [2.24, 2.45) is 0 Å². The number of ether oxygens (including phenoxy) is 1. The molecule has 33 heavy (non-hydrogen) atoms. The molecule has 3 aromatic heterocycles. The quantitative estimate of drug-likeness (QED) is 0.473. The summed E-state index contributed by atoms with van der Waals surface area (Å²) < 4.78 is 8.69. The van der Waals surface area contributed by atoms with Crippen molar-refractivity contribution in [2.45, 2.75) is 45.4 Å². The van der Waals surface area contributed by atoms with Crippen LogP contribution in [0.5, 0.6) is 0 Å². The Bertz CT molecular complexity index is 1460. The number of carbonyl (C=O) groups excluding carboxylic acids is 1. The molecule has 1 fully saturated rings. The molecule has 0 saturated carbocycles. The molecule has 1 aliphatic rings. The van der Waals surface area contributed by atoms with Crippen LogP contribution < -0.4 is 16.6 Å². The zero-order valence-corrected chi connectivity index (χ0v) is 19.1. The highest BCUT2D eigenvalue weighted by Gasteiger charge is 2.24. The average Bonchev–Trinajstić information content (AvgIpc) is 3.48. The fourth-order valence-electron chi connectivity index (χ4n) is 4.37. The van der Waals surface area contributed by atoms with Crippen molar-refractivity contribution in [3.63, 3.8) is 0 Å². The Kier molecular flexibility index (Phi) is 5.82. The number of aromatic nitrogens is 3. The first-order valence-electron chi connectivity index (χ1n) is 11.1. The van der Waals surface area contributed by atoms with Gasteiger partial charge >= 0.3 is 5.69 Å². The summed E-state index contributed by atoms with van der Waals surface area (Å²) in [7, 11) is 0. The number of para-hydroxylation sites is 1. The van der Waals surface area contributed by atoms with E-state index in [0.717, 1.165) is 30.5 Å². The van der Waals surface area contributed by atoms with Gasteiger partial charge in [-0.25, -0.2) is 9.78 Å². The minimum atomic E-state index is -0.509. The first kappa shape index (κ1) is 21.5. The van der Waals surface area contributed by atoms with Crippen molar-refractivity contribution in [3.8, 4) is 0 Å². The van der Waals surface area contributed by atoms with Crippen LogP contribution in [0.15, 0.2) is 52.2 Å². The highest BCUT2D eigenvalue weighted by Crippen LogP contribution is 2.29. The molecule has 8 nitrogen and oxygen atoms in total. The monoisotopic (exact) mass is 464 g/mol. The number of hydrogen-bond donors (Lipinski definition) is 1. The molecule has 5 rings (SSSR count). The van der Waals surface area contributed by atoms with Gasteiger partial charge < -0.3 is 10.1 Å². The Labute approximate surface area is 193 Å². The van der Waals surface area contributed by atoms with E-state index in [1.165, 1.54) is 20.5 Å². The van der Waals surface area contributed by atoms with Crippen molar-refractivity contribution in [1.29, 1.82) is 0 Å². The Hall–Kier alpha value is -3.30. The van der Waals surface area contributed by atoms with Crippen LogP contribution in [0, 0.1) is 0 Å². The van der Waals surface area contributed by atoms with Crippen LogP contribution >= 0.6 is 11.3 Å². The van der Waals surface area contributed by atoms with Gasteiger partial charge in [0, 0.05) is 23.9 Å². The highest BCUT2D eigenvalue weighted by atomic mass is 32.1. The number of nitrogens with zero attached hydrogens (tertiary/aromatic N) is 3. The second-order valence-electron chi connectivity index (χ2n) is 8.11. The van der Waals surface area contributed by atoms with E-state index in [4.69, 9.17) is 4.74 Å². The number of carbonyl (C=O) groups is 1. The molecule has 0 spiro atoms. The molecule has 1 amide bonds. The molecule has 1 aliphatic heterocycles. The van der Waals surface area contributed by atoms with Gasteiger partial charge in [0.1, 0.15) is 16.1 Å². The smallest absolute Gasteiger partial charge is 0.332 e. The molecule has 0 bridgehead atoms. The molecule has 1 unspecified atom stereocenters. The summed E-state index contributed by atoms with van der Waals surface area (Å²) in [5.74, 6) is -0.329. The fourth-order valence-corrected chi connectivity index (χ4v) is 5.46. The molecule has 4 heterocycles. The van der Waals surface area contributed by atoms with E-state index in [0.29, 0.717) is 27.0 Å². The van der Waals surface area contributed by atoms with Crippen LogP contribution in [0.25, 0.3) is 20.4 Å². The maximum absolute atomic E-state index is 13.5. The summed E-state index contributed by atoms with van der Waals surface area (Å²) in [5, 5.41) is 3.62. The summed E-state index contributed by atoms with van der Waals surface area (Å²) in [6.45, 7) is 2.61. The van der Waals surface area contributed by atoms with Gasteiger partial charge in [0.15, 0.2) is 0 Å². The summed E-state index contributed by atoms with van der Waals surface area (Å²) >= 11 is 1.24. The van der Waals surface area contributed by atoms with Crippen LogP contribution in [-0.2, 0) is 29.0 Å². The summed E-state index contributed by atoms with van der Waals surface area (Å²) in [4.78, 5) is 44.9. The topological polar surface area (TPSA) is 95.2 Å². The van der Waals surface area contributed by atoms with Crippen molar-refractivity contribution in [3.05, 3.63) is 69.0 Å². The van der Waals surface area contributed by atoms with Crippen molar-refractivity contribution in [1.82, 2.24) is 14.1 Å². The van der Waals surface area contributed by atoms with E-state index in [-0.39, 0.29) is 30.7 Å². The second-order valence-corrected chi connectivity index (χ2v) is 9.11. The second kappa shape index (κ2) is 8.92. The summed E-state index contributed by atoms with van der Waals surface area (Å²) in [6, 6.07) is 11.2. The molecule has 1 saturated heterocycles. The Morgan fingerprint density at radius 2 is 2.06 bits per heavy atom. The van der Waals surface area contributed by atoms with E-state index >= 15 is 0 Å². The normalized spacial score (nSPS) is 16.0. The minimum Gasteiger partial charge on any atom is -0.376 e. The molecule has 1 atom stereocenters. The zero-order chi connectivity index (χ0) is 22.9. The summed E-state index contributed by atoms with van der Waals surface area (Å²) in [5.41, 5.74) is 1.32. The van der Waals surface area contributed by atoms with E-state index in [1.54, 1.807) is 12.3 Å². The minimum absolute atomic E-state index is 0.176. The Morgan fingerprint density at radius 1 is 1.21 bits per heavy atom. The fraction of sp³-hybridized carbons (Fsp3) is 0.333. The maximum Gasteiger partial charge on any atom is 0.332 e. The van der Waals surface area contributed by atoms with Crippen molar-refractivity contribution in [2.75, 3.05) is 11.9 Å². The number of hydrogen-bond acceptors (Lipinski definition) is 6. The molecule has 0 aliphatic carbocycles. The molecule has 0 radical (unpaired) electrons. The van der Waals surface area contributed by atoms with Crippen molar-refractivity contribution < 1.29 is 9.53 Å². The molecular weight excluding hydrogens is 440 g/mol. The molecule has 9 heteroatoms. The molecule has 1 N–H and O–H groups in total. The van der Waals surface area contributed by atoms with Gasteiger partial charge in [0.25, 0.3) is 5.56 Å². The number of amides is 1. The highest BCUT2D eigenvalue weighted by molar-refractivity contribution is 7.25. The maximum atomic E-state index is 13.5. The standard InChI is InChI=1S/C24H24N4O4S/c1-2-15-7-3-4-10-18(15)26-19(29)14-27-20-17-9-5-11-25-22(17)33-21(20)23(30)28(24(27)31)13-16-8-6-12-32-16/h3-5,7,9-11,16H,2,6,8,12-14H2,1H3,(H,26,29). The van der Waals surface area contributed by atoms with Crippen LogP contribution in [0.4, 0.5) is 5.69 Å². The largest absolute Gasteiger partial charge is 0.376 e. The van der Waals surface area contributed by atoms with Gasteiger partial charge in [-0.15, -0.1) is 11.3 Å². The number of rotatable bonds is 6. The van der Waals surface area contributed by atoms with Crippen LogP contribution in [-0.4, -0.2) is 32.7 Å². The number of nitrogens with one attached hydrogen (secondary N) is 1. The predicted octanol–water partition coefficient (Wildman–Crippen LogP) is 3.15. The van der Waals surface area contributed by atoms with E-state index in [1.807, 2.05) is 37.3 Å². The zero-order valence-electron chi connectivity index (χ0n) is 18.2. The van der Waals surface area contributed by atoms with Gasteiger partial charge in [-0.3, -0.25) is 18.7 Å². The third kappa shape index (κ3) is 3.98. The molecular formula is C24H24N4O4S. The average molecular weight is 465 g/mol. The SMILES string of the molecule is CCc1ccccc1NC(=O)Cn1c(=O)n(CC2CCCO2)c(=O)c2sc3ncccc3c21. The number of anilines is 1. The molecule has 1 aromatic carbocycles. The van der Waals surface area contributed by atoms with E-state index < -0.39 is 5.69 Å². The summed E-state index contributed by atoms with van der Waals surface area (Å²) in [6.07, 6.45) is 3.94. The van der Waals surface area contributed by atoms with Gasteiger partial charge in [0.2, 0.25) is 5.91 Å². The number of pyridine rings is 1. The number of thiophene rings is 1. The molecule has 170 valence electrons. The van der Waals surface area contributed by atoms with E-state index in [9.17, 15) is 14.4 Å². The number of benzene rings is 1. The Morgan fingerprint density at radius 3 is 2.85 bits per heavy atom. The lowest BCUT2D eigenvalue weighted by atomic mass is 10.1. The molecule has 4 aromatic rings. The number of aryl methyl sites for hydroxylation is 1. The van der Waals surface area contributed by atoms with Gasteiger partial charge in [0.05, 0.1) is 18.2 Å². The van der Waals surface area contributed by atoms with E-state index in [2.05, 4.69) is 10.3 Å². The lowest BCUT2D eigenvalue weighted by molar-refractivity contribution is -0.116. The first-order valence-corrected chi connectivity index (χ1v) is 11.9. The van der Waals surface area contributed by atoms with Crippen molar-refractivity contribution >= 4 is 43.4 Å². The predicted molar refractivity (Wildman–Crippen MR) is 129 cm³/mol. The Balaban J connectivity index is 1.62. The number of fused-ring (bicyclic) bond motifs is 3. The first-order chi connectivity index (χ1) is 16.1. The van der Waals surface area contributed by atoms with Gasteiger partial charge in [-0.2, -0.15) is 0 Å². The van der Waals surface area contributed by atoms with Crippen LogP contribution in [0.1, 0.15) is 25.3 Å². The lowest BCUT2D eigenvalue weighted by Crippen LogP contribution is -2.43. The van der Waals surface area contributed by atoms with Gasteiger partial charge in [-0.1, -0.05) is 25.1 Å². The van der Waals surface area contributed by atoms with Gasteiger partial charge in [-0.05, 0) is 43.0 Å². The van der Waals surface area contributed by atoms with Crippen LogP contribution in [0.3, 0.4) is 0 Å². The third-order valence-electron chi connectivity index (χ3n) is 6.00. The van der Waals surface area contributed by atoms with Crippen LogP contribution in [0.2, 0.25) is 0 Å². The third-order valence-corrected chi connectivity index (χ3v) is 7.09.